The number of hydrogen-bond acceptors (Lipinski definition) is 4. The molecule has 1 unspecified atom stereocenters. The molecule has 2 aromatic rings. The predicted octanol–water partition coefficient (Wildman–Crippen LogP) is 1.10. The minimum Gasteiger partial charge on any atom is -0.350 e. The van der Waals surface area contributed by atoms with E-state index in [0.29, 0.717) is 5.56 Å². The first-order valence-electron chi connectivity index (χ1n) is 7.21. The van der Waals surface area contributed by atoms with Crippen molar-refractivity contribution in [2.75, 3.05) is 0 Å². The molecule has 0 radical (unpaired) electrons. The van der Waals surface area contributed by atoms with E-state index in [4.69, 9.17) is 0 Å². The van der Waals surface area contributed by atoms with Gasteiger partial charge in [-0.15, -0.1) is 0 Å². The average Bonchev–Trinajstić information content (AvgIpc) is 2.90. The van der Waals surface area contributed by atoms with E-state index in [0.717, 1.165) is 11.3 Å². The standard InChI is InChI=1S/C15H21N5O2/c1-9(2)13(20-8-16-7-18-20)15(22)17-6-12-10(3)5-11(4)19-14(12)21/h5,7-9,13H,6H2,1-4H3,(H,17,22)(H,19,21). The first-order valence-corrected chi connectivity index (χ1v) is 7.21. The van der Waals surface area contributed by atoms with Crippen LogP contribution >= 0.6 is 0 Å². The van der Waals surface area contributed by atoms with Crippen LogP contribution in [0.1, 0.15) is 36.7 Å². The molecule has 7 heteroatoms. The van der Waals surface area contributed by atoms with Gasteiger partial charge in [-0.2, -0.15) is 5.10 Å². The van der Waals surface area contributed by atoms with Gasteiger partial charge in [-0.3, -0.25) is 9.59 Å². The van der Waals surface area contributed by atoms with Crippen LogP contribution < -0.4 is 10.9 Å². The lowest BCUT2D eigenvalue weighted by Crippen LogP contribution is -2.36. The summed E-state index contributed by atoms with van der Waals surface area (Å²) in [5.41, 5.74) is 2.07. The number of H-pyrrole nitrogens is 1. The van der Waals surface area contributed by atoms with Crippen molar-refractivity contribution in [3.05, 3.63) is 45.9 Å². The maximum Gasteiger partial charge on any atom is 0.253 e. The number of hydrogen-bond donors (Lipinski definition) is 2. The maximum atomic E-state index is 12.4. The van der Waals surface area contributed by atoms with Gasteiger partial charge in [0.15, 0.2) is 0 Å². The van der Waals surface area contributed by atoms with E-state index < -0.39 is 6.04 Å². The number of pyridine rings is 1. The predicted molar refractivity (Wildman–Crippen MR) is 82.3 cm³/mol. The highest BCUT2D eigenvalue weighted by Crippen LogP contribution is 2.16. The van der Waals surface area contributed by atoms with E-state index in [1.54, 1.807) is 0 Å². The molecule has 0 bridgehead atoms. The highest BCUT2D eigenvalue weighted by molar-refractivity contribution is 5.80. The second-order valence-corrected chi connectivity index (χ2v) is 5.73. The molecule has 0 saturated carbocycles. The largest absolute Gasteiger partial charge is 0.350 e. The summed E-state index contributed by atoms with van der Waals surface area (Å²) in [5, 5.41) is 6.86. The number of nitrogens with one attached hydrogen (secondary N) is 2. The Balaban J connectivity index is 2.14. The molecule has 0 aromatic carbocycles. The second-order valence-electron chi connectivity index (χ2n) is 5.73. The third-order valence-corrected chi connectivity index (χ3v) is 3.55. The number of amides is 1. The molecule has 22 heavy (non-hydrogen) atoms. The van der Waals surface area contributed by atoms with Crippen molar-refractivity contribution in [1.82, 2.24) is 25.1 Å². The van der Waals surface area contributed by atoms with Crippen LogP contribution in [0.25, 0.3) is 0 Å². The Bertz CT molecular complexity index is 703. The van der Waals surface area contributed by atoms with Crippen LogP contribution in [-0.4, -0.2) is 25.7 Å². The highest BCUT2D eigenvalue weighted by Gasteiger charge is 2.24. The van der Waals surface area contributed by atoms with Crippen molar-refractivity contribution in [2.24, 2.45) is 5.92 Å². The van der Waals surface area contributed by atoms with Crippen LogP contribution in [0.15, 0.2) is 23.5 Å². The Morgan fingerprint density at radius 3 is 2.68 bits per heavy atom. The lowest BCUT2D eigenvalue weighted by molar-refractivity contribution is -0.126. The van der Waals surface area contributed by atoms with Gasteiger partial charge < -0.3 is 10.3 Å². The molecule has 0 saturated heterocycles. The molecule has 2 aromatic heterocycles. The van der Waals surface area contributed by atoms with Crippen molar-refractivity contribution in [3.63, 3.8) is 0 Å². The van der Waals surface area contributed by atoms with E-state index in [2.05, 4.69) is 20.4 Å². The zero-order chi connectivity index (χ0) is 16.3. The van der Waals surface area contributed by atoms with E-state index >= 15 is 0 Å². The fraction of sp³-hybridized carbons (Fsp3) is 0.467. The number of rotatable bonds is 5. The van der Waals surface area contributed by atoms with Crippen molar-refractivity contribution in [3.8, 4) is 0 Å². The number of aromatic nitrogens is 4. The van der Waals surface area contributed by atoms with Crippen LogP contribution in [0.5, 0.6) is 0 Å². The molecule has 2 rings (SSSR count). The van der Waals surface area contributed by atoms with Gasteiger partial charge >= 0.3 is 0 Å². The SMILES string of the molecule is Cc1cc(C)c(CNC(=O)C(C(C)C)n2cncn2)c(=O)[nH]1. The third kappa shape index (κ3) is 3.41. The quantitative estimate of drug-likeness (QED) is 0.865. The average molecular weight is 303 g/mol. The summed E-state index contributed by atoms with van der Waals surface area (Å²) in [5.74, 6) is -0.126. The van der Waals surface area contributed by atoms with Gasteiger partial charge in [0.05, 0.1) is 0 Å². The summed E-state index contributed by atoms with van der Waals surface area (Å²) < 4.78 is 1.53. The van der Waals surface area contributed by atoms with Gasteiger partial charge in [-0.25, -0.2) is 9.67 Å². The minimum atomic E-state index is -0.452. The van der Waals surface area contributed by atoms with E-state index in [1.165, 1.54) is 17.3 Å². The Kier molecular flexibility index (Phi) is 4.75. The highest BCUT2D eigenvalue weighted by atomic mass is 16.2. The van der Waals surface area contributed by atoms with Crippen molar-refractivity contribution >= 4 is 5.91 Å². The first-order chi connectivity index (χ1) is 10.4. The minimum absolute atomic E-state index is 0.0547. The molecule has 2 N–H and O–H groups in total. The summed E-state index contributed by atoms with van der Waals surface area (Å²) in [6, 6.07) is 1.44. The number of aromatic amines is 1. The lowest BCUT2D eigenvalue weighted by atomic mass is 10.0. The van der Waals surface area contributed by atoms with Crippen LogP contribution in [0, 0.1) is 19.8 Å². The lowest BCUT2D eigenvalue weighted by Gasteiger charge is -2.20. The van der Waals surface area contributed by atoms with Crippen LogP contribution in [-0.2, 0) is 11.3 Å². The summed E-state index contributed by atoms with van der Waals surface area (Å²) in [6.07, 6.45) is 2.92. The molecule has 118 valence electrons. The Hall–Kier alpha value is -2.44. The number of aryl methyl sites for hydroxylation is 2. The zero-order valence-electron chi connectivity index (χ0n) is 13.3. The van der Waals surface area contributed by atoms with Crippen LogP contribution in [0.4, 0.5) is 0 Å². The topological polar surface area (TPSA) is 92.7 Å². The summed E-state index contributed by atoms with van der Waals surface area (Å²) >= 11 is 0. The van der Waals surface area contributed by atoms with E-state index in [1.807, 2.05) is 33.8 Å². The van der Waals surface area contributed by atoms with Crippen LogP contribution in [0.3, 0.4) is 0 Å². The van der Waals surface area contributed by atoms with Gasteiger partial charge in [0, 0.05) is 17.8 Å². The fourth-order valence-corrected chi connectivity index (χ4v) is 2.47. The van der Waals surface area contributed by atoms with Crippen molar-refractivity contribution < 1.29 is 4.79 Å². The van der Waals surface area contributed by atoms with E-state index in [9.17, 15) is 9.59 Å². The smallest absolute Gasteiger partial charge is 0.253 e. The monoisotopic (exact) mass is 303 g/mol. The number of carbonyl (C=O) groups is 1. The van der Waals surface area contributed by atoms with Gasteiger partial charge in [0.1, 0.15) is 18.7 Å². The Morgan fingerprint density at radius 2 is 2.14 bits per heavy atom. The Morgan fingerprint density at radius 1 is 1.41 bits per heavy atom. The molecular weight excluding hydrogens is 282 g/mol. The van der Waals surface area contributed by atoms with Crippen LogP contribution in [0.2, 0.25) is 0 Å². The summed E-state index contributed by atoms with van der Waals surface area (Å²) in [4.78, 5) is 31.0. The van der Waals surface area contributed by atoms with Gasteiger partial charge in [0.2, 0.25) is 5.91 Å². The normalized spacial score (nSPS) is 12.4. The molecule has 0 fully saturated rings. The molecule has 1 atom stereocenters. The third-order valence-electron chi connectivity index (χ3n) is 3.55. The van der Waals surface area contributed by atoms with Gasteiger partial charge in [0.25, 0.3) is 5.56 Å². The van der Waals surface area contributed by atoms with Crippen molar-refractivity contribution in [1.29, 1.82) is 0 Å². The van der Waals surface area contributed by atoms with Gasteiger partial charge in [-0.05, 0) is 31.4 Å². The Labute approximate surface area is 128 Å². The maximum absolute atomic E-state index is 12.4. The molecule has 0 spiro atoms. The van der Waals surface area contributed by atoms with E-state index in [-0.39, 0.29) is 23.9 Å². The van der Waals surface area contributed by atoms with Gasteiger partial charge in [-0.1, -0.05) is 13.8 Å². The first kappa shape index (κ1) is 15.9. The number of carbonyl (C=O) groups excluding carboxylic acids is 1. The second kappa shape index (κ2) is 6.55. The molecule has 0 aliphatic carbocycles. The number of nitrogens with zero attached hydrogens (tertiary/aromatic N) is 3. The summed E-state index contributed by atoms with van der Waals surface area (Å²) in [7, 11) is 0. The summed E-state index contributed by atoms with van der Waals surface area (Å²) in [6.45, 7) is 7.77. The molecule has 0 aliphatic rings. The molecule has 1 amide bonds. The fourth-order valence-electron chi connectivity index (χ4n) is 2.47. The molecule has 7 nitrogen and oxygen atoms in total. The molecule has 2 heterocycles. The zero-order valence-corrected chi connectivity index (χ0v) is 13.3. The molecular formula is C15H21N5O2. The van der Waals surface area contributed by atoms with Crippen molar-refractivity contribution in [2.45, 2.75) is 40.3 Å². The molecule has 0 aliphatic heterocycles.